The molecule has 0 aliphatic carbocycles. The van der Waals surface area contributed by atoms with Gasteiger partial charge in [-0.1, -0.05) is 29.3 Å². The third-order valence-electron chi connectivity index (χ3n) is 2.58. The van der Waals surface area contributed by atoms with Crippen LogP contribution in [0, 0.1) is 5.82 Å². The van der Waals surface area contributed by atoms with Gasteiger partial charge in [-0.05, 0) is 51.8 Å². The minimum absolute atomic E-state index is 0.139. The van der Waals surface area contributed by atoms with E-state index in [4.69, 9.17) is 23.2 Å². The smallest absolute Gasteiger partial charge is 0.168 e. The van der Waals surface area contributed by atoms with Gasteiger partial charge in [0, 0.05) is 17.0 Å². The maximum Gasteiger partial charge on any atom is 0.168 e. The molecule has 0 saturated carbocycles. The summed E-state index contributed by atoms with van der Waals surface area (Å²) in [5, 5.41) is 0.796. The number of benzene rings is 2. The SMILES string of the molecule is O=C(Cc1ccc(F)c(Br)c1)c1ccc(Cl)cc1Cl. The van der Waals surface area contributed by atoms with Crippen LogP contribution in [0.3, 0.4) is 0 Å². The van der Waals surface area contributed by atoms with Crippen molar-refractivity contribution in [1.82, 2.24) is 0 Å². The van der Waals surface area contributed by atoms with E-state index in [1.54, 1.807) is 24.3 Å². The molecule has 19 heavy (non-hydrogen) atoms. The molecule has 0 N–H and O–H groups in total. The van der Waals surface area contributed by atoms with Gasteiger partial charge in [-0.25, -0.2) is 4.39 Å². The summed E-state index contributed by atoms with van der Waals surface area (Å²) in [7, 11) is 0. The molecule has 2 aromatic carbocycles. The van der Waals surface area contributed by atoms with Gasteiger partial charge in [0.05, 0.1) is 9.50 Å². The molecule has 1 nitrogen and oxygen atoms in total. The van der Waals surface area contributed by atoms with Gasteiger partial charge in [0.1, 0.15) is 5.82 Å². The zero-order valence-electron chi connectivity index (χ0n) is 9.59. The van der Waals surface area contributed by atoms with Crippen molar-refractivity contribution in [2.24, 2.45) is 0 Å². The Morgan fingerprint density at radius 2 is 1.89 bits per heavy atom. The average molecular weight is 362 g/mol. The normalized spacial score (nSPS) is 10.5. The zero-order chi connectivity index (χ0) is 14.0. The van der Waals surface area contributed by atoms with E-state index in [2.05, 4.69) is 15.9 Å². The molecule has 0 amide bonds. The van der Waals surface area contributed by atoms with Crippen LogP contribution in [0.2, 0.25) is 10.0 Å². The van der Waals surface area contributed by atoms with E-state index in [0.29, 0.717) is 25.6 Å². The molecule has 98 valence electrons. The van der Waals surface area contributed by atoms with Crippen molar-refractivity contribution in [2.45, 2.75) is 6.42 Å². The molecular formula is C14H8BrCl2FO. The van der Waals surface area contributed by atoms with Gasteiger partial charge in [0.15, 0.2) is 5.78 Å². The molecule has 0 atom stereocenters. The maximum absolute atomic E-state index is 13.1. The van der Waals surface area contributed by atoms with E-state index in [1.165, 1.54) is 12.1 Å². The topological polar surface area (TPSA) is 17.1 Å². The first-order chi connectivity index (χ1) is 8.97. The lowest BCUT2D eigenvalue weighted by molar-refractivity contribution is 0.0993. The molecule has 0 saturated heterocycles. The monoisotopic (exact) mass is 360 g/mol. The highest BCUT2D eigenvalue weighted by atomic mass is 79.9. The second-order valence-corrected chi connectivity index (χ2v) is 5.67. The lowest BCUT2D eigenvalue weighted by Crippen LogP contribution is -2.04. The van der Waals surface area contributed by atoms with Crippen LogP contribution in [0.4, 0.5) is 4.39 Å². The number of hydrogen-bond donors (Lipinski definition) is 0. The van der Waals surface area contributed by atoms with Gasteiger partial charge in [-0.3, -0.25) is 4.79 Å². The summed E-state index contributed by atoms with van der Waals surface area (Å²) in [6, 6.07) is 9.19. The Bertz CT molecular complexity index is 643. The van der Waals surface area contributed by atoms with E-state index in [9.17, 15) is 9.18 Å². The van der Waals surface area contributed by atoms with Crippen LogP contribution in [0.25, 0.3) is 0 Å². The van der Waals surface area contributed by atoms with Gasteiger partial charge in [0.25, 0.3) is 0 Å². The summed E-state index contributed by atoms with van der Waals surface area (Å²) in [6.45, 7) is 0. The van der Waals surface area contributed by atoms with E-state index < -0.39 is 0 Å². The van der Waals surface area contributed by atoms with Gasteiger partial charge in [-0.2, -0.15) is 0 Å². The molecule has 0 radical (unpaired) electrons. The highest BCUT2D eigenvalue weighted by molar-refractivity contribution is 9.10. The Hall–Kier alpha value is -0.900. The summed E-state index contributed by atoms with van der Waals surface area (Å²) < 4.78 is 13.4. The molecule has 0 aliphatic rings. The largest absolute Gasteiger partial charge is 0.294 e. The fourth-order valence-corrected chi connectivity index (χ4v) is 2.59. The zero-order valence-corrected chi connectivity index (χ0v) is 12.7. The third kappa shape index (κ3) is 3.56. The van der Waals surface area contributed by atoms with E-state index >= 15 is 0 Å². The van der Waals surface area contributed by atoms with Crippen LogP contribution in [-0.2, 0) is 6.42 Å². The molecule has 0 aromatic heterocycles. The second-order valence-electron chi connectivity index (χ2n) is 3.97. The summed E-state index contributed by atoms with van der Waals surface area (Å²) in [5.41, 5.74) is 1.12. The van der Waals surface area contributed by atoms with E-state index in [0.717, 1.165) is 0 Å². The Balaban J connectivity index is 2.23. The van der Waals surface area contributed by atoms with Crippen LogP contribution >= 0.6 is 39.1 Å². The standard InChI is InChI=1S/C14H8BrCl2FO/c15-11-5-8(1-4-13(11)18)6-14(19)10-3-2-9(16)7-12(10)17/h1-5,7H,6H2. The van der Waals surface area contributed by atoms with Crippen molar-refractivity contribution in [2.75, 3.05) is 0 Å². The molecule has 2 rings (SSSR count). The van der Waals surface area contributed by atoms with Crippen molar-refractivity contribution >= 4 is 44.9 Å². The van der Waals surface area contributed by atoms with Crippen molar-refractivity contribution in [1.29, 1.82) is 0 Å². The lowest BCUT2D eigenvalue weighted by Gasteiger charge is -2.05. The predicted octanol–water partition coefficient (Wildman–Crippen LogP) is 5.32. The molecular weight excluding hydrogens is 354 g/mol. The maximum atomic E-state index is 13.1. The minimum atomic E-state index is -0.360. The number of halogens is 4. The number of carbonyl (C=O) groups is 1. The summed E-state index contributed by atoms with van der Waals surface area (Å²) in [6.07, 6.45) is 0.153. The fraction of sp³-hybridized carbons (Fsp3) is 0.0714. The molecule has 2 aromatic rings. The molecule has 0 fully saturated rings. The van der Waals surface area contributed by atoms with Crippen molar-refractivity contribution in [3.63, 3.8) is 0 Å². The summed E-state index contributed by atoms with van der Waals surface area (Å²) in [4.78, 5) is 12.1. The number of hydrogen-bond acceptors (Lipinski definition) is 1. The highest BCUT2D eigenvalue weighted by Gasteiger charge is 2.12. The number of rotatable bonds is 3. The van der Waals surface area contributed by atoms with Crippen molar-refractivity contribution < 1.29 is 9.18 Å². The first kappa shape index (κ1) is 14.5. The lowest BCUT2D eigenvalue weighted by atomic mass is 10.0. The Morgan fingerprint density at radius 1 is 1.16 bits per heavy atom. The predicted molar refractivity (Wildman–Crippen MR) is 78.6 cm³/mol. The van der Waals surface area contributed by atoms with E-state index in [1.807, 2.05) is 0 Å². The quantitative estimate of drug-likeness (QED) is 0.676. The highest BCUT2D eigenvalue weighted by Crippen LogP contribution is 2.23. The third-order valence-corrected chi connectivity index (χ3v) is 3.74. The number of carbonyl (C=O) groups excluding carboxylic acids is 1. The van der Waals surface area contributed by atoms with Gasteiger partial charge in [0.2, 0.25) is 0 Å². The molecule has 5 heteroatoms. The number of Topliss-reactive ketones (excluding diaryl/α,β-unsaturated/α-hetero) is 1. The Kier molecular flexibility index (Phi) is 4.61. The van der Waals surface area contributed by atoms with Crippen LogP contribution in [-0.4, -0.2) is 5.78 Å². The summed E-state index contributed by atoms with van der Waals surface area (Å²) >= 11 is 14.8. The van der Waals surface area contributed by atoms with Gasteiger partial charge in [-0.15, -0.1) is 0 Å². The van der Waals surface area contributed by atoms with Gasteiger partial charge < -0.3 is 0 Å². The van der Waals surface area contributed by atoms with Crippen LogP contribution < -0.4 is 0 Å². The van der Waals surface area contributed by atoms with Crippen molar-refractivity contribution in [3.05, 3.63) is 67.9 Å². The molecule has 0 heterocycles. The van der Waals surface area contributed by atoms with Crippen molar-refractivity contribution in [3.8, 4) is 0 Å². The Labute approximate surface area is 128 Å². The fourth-order valence-electron chi connectivity index (χ4n) is 1.65. The second kappa shape index (κ2) is 6.04. The average Bonchev–Trinajstić information content (AvgIpc) is 2.33. The Morgan fingerprint density at radius 3 is 2.53 bits per heavy atom. The molecule has 0 unspecified atom stereocenters. The van der Waals surface area contributed by atoms with Crippen LogP contribution in [0.1, 0.15) is 15.9 Å². The molecule has 0 bridgehead atoms. The number of ketones is 1. The van der Waals surface area contributed by atoms with E-state index in [-0.39, 0.29) is 18.0 Å². The van der Waals surface area contributed by atoms with Crippen LogP contribution in [0.5, 0.6) is 0 Å². The van der Waals surface area contributed by atoms with Gasteiger partial charge >= 0.3 is 0 Å². The summed E-state index contributed by atoms with van der Waals surface area (Å²) in [5.74, 6) is -0.499. The molecule has 0 spiro atoms. The minimum Gasteiger partial charge on any atom is -0.294 e. The molecule has 0 aliphatic heterocycles. The first-order valence-electron chi connectivity index (χ1n) is 5.39. The first-order valence-corrected chi connectivity index (χ1v) is 6.94. The van der Waals surface area contributed by atoms with Crippen LogP contribution in [0.15, 0.2) is 40.9 Å².